The highest BCUT2D eigenvalue weighted by molar-refractivity contribution is 8.02. The molecule has 7 heteroatoms. The number of carbonyl (C=O) groups is 1. The summed E-state index contributed by atoms with van der Waals surface area (Å²) in [5.41, 5.74) is 1.71. The van der Waals surface area contributed by atoms with Gasteiger partial charge in [-0.3, -0.25) is 4.79 Å². The Kier molecular flexibility index (Phi) is 5.57. The van der Waals surface area contributed by atoms with Crippen LogP contribution in [0.4, 0.5) is 5.69 Å². The molecule has 0 aliphatic carbocycles. The fourth-order valence-corrected chi connectivity index (χ4v) is 5.26. The Labute approximate surface area is 176 Å². The minimum Gasteiger partial charge on any atom is -0.325 e. The number of benzene rings is 3. The second kappa shape index (κ2) is 8.26. The SMILES string of the molecule is C[C@H](Sc1nn(-c2ccccc2)c(=S)s1)C(=O)Nc1ccc2ccccc2c1. The molecule has 0 unspecified atom stereocenters. The summed E-state index contributed by atoms with van der Waals surface area (Å²) in [5.74, 6) is -0.0624. The van der Waals surface area contributed by atoms with Crippen LogP contribution in [0.1, 0.15) is 6.92 Å². The molecule has 4 rings (SSSR count). The normalized spacial score (nSPS) is 12.0. The fraction of sp³-hybridized carbons (Fsp3) is 0.0952. The van der Waals surface area contributed by atoms with E-state index in [9.17, 15) is 4.79 Å². The zero-order valence-electron chi connectivity index (χ0n) is 15.0. The Morgan fingerprint density at radius 3 is 2.57 bits per heavy atom. The average molecular weight is 424 g/mol. The van der Waals surface area contributed by atoms with Gasteiger partial charge in [0.15, 0.2) is 8.29 Å². The zero-order valence-corrected chi connectivity index (χ0v) is 17.5. The van der Waals surface area contributed by atoms with Crippen LogP contribution in [-0.4, -0.2) is 20.9 Å². The molecule has 3 aromatic carbocycles. The number of para-hydroxylation sites is 1. The van der Waals surface area contributed by atoms with Gasteiger partial charge in [0.05, 0.1) is 10.9 Å². The Morgan fingerprint density at radius 1 is 1.07 bits per heavy atom. The van der Waals surface area contributed by atoms with E-state index in [4.69, 9.17) is 12.2 Å². The maximum absolute atomic E-state index is 12.6. The van der Waals surface area contributed by atoms with Crippen LogP contribution in [0.15, 0.2) is 77.1 Å². The predicted octanol–water partition coefficient (Wildman–Crippen LogP) is 5.94. The molecule has 1 amide bonds. The highest BCUT2D eigenvalue weighted by Gasteiger charge is 2.18. The topological polar surface area (TPSA) is 46.9 Å². The first kappa shape index (κ1) is 18.9. The molecule has 1 atom stereocenters. The number of nitrogens with zero attached hydrogens (tertiary/aromatic N) is 2. The first-order valence-electron chi connectivity index (χ1n) is 8.72. The lowest BCUT2D eigenvalue weighted by Gasteiger charge is -2.11. The van der Waals surface area contributed by atoms with Crippen molar-refractivity contribution in [3.05, 3.63) is 76.8 Å². The molecule has 4 aromatic rings. The Balaban J connectivity index is 1.46. The van der Waals surface area contributed by atoms with E-state index < -0.39 is 0 Å². The average Bonchev–Trinajstić information content (AvgIpc) is 3.08. The Hall–Kier alpha value is -2.48. The van der Waals surface area contributed by atoms with Crippen molar-refractivity contribution in [3.8, 4) is 5.69 Å². The molecular weight excluding hydrogens is 406 g/mol. The molecule has 0 saturated heterocycles. The molecule has 1 aromatic heterocycles. The molecule has 0 bridgehead atoms. The summed E-state index contributed by atoms with van der Waals surface area (Å²) in [6.07, 6.45) is 0. The van der Waals surface area contributed by atoms with Gasteiger partial charge < -0.3 is 5.32 Å². The maximum atomic E-state index is 12.6. The van der Waals surface area contributed by atoms with Crippen LogP contribution in [0.2, 0.25) is 0 Å². The monoisotopic (exact) mass is 423 g/mol. The number of hydrogen-bond donors (Lipinski definition) is 1. The van der Waals surface area contributed by atoms with E-state index in [-0.39, 0.29) is 11.2 Å². The molecule has 4 nitrogen and oxygen atoms in total. The van der Waals surface area contributed by atoms with Crippen LogP contribution < -0.4 is 5.32 Å². The summed E-state index contributed by atoms with van der Waals surface area (Å²) in [5, 5.41) is 9.51. The number of rotatable bonds is 5. The molecule has 0 aliphatic rings. The number of hydrogen-bond acceptors (Lipinski definition) is 5. The van der Waals surface area contributed by atoms with E-state index in [1.165, 1.54) is 23.1 Å². The second-order valence-corrected chi connectivity index (χ2v) is 9.40. The molecule has 140 valence electrons. The van der Waals surface area contributed by atoms with Crippen molar-refractivity contribution < 1.29 is 4.79 Å². The first-order valence-corrected chi connectivity index (χ1v) is 10.8. The van der Waals surface area contributed by atoms with Gasteiger partial charge in [0, 0.05) is 5.69 Å². The van der Waals surface area contributed by atoms with Crippen LogP contribution in [0.5, 0.6) is 0 Å². The summed E-state index contributed by atoms with van der Waals surface area (Å²) in [4.78, 5) is 12.6. The van der Waals surface area contributed by atoms with Gasteiger partial charge in [0.1, 0.15) is 0 Å². The largest absolute Gasteiger partial charge is 0.325 e. The second-order valence-electron chi connectivity index (χ2n) is 6.19. The van der Waals surface area contributed by atoms with Gasteiger partial charge in [-0.05, 0) is 54.2 Å². The lowest BCUT2D eigenvalue weighted by Crippen LogP contribution is -2.22. The van der Waals surface area contributed by atoms with Gasteiger partial charge in [-0.15, -0.1) is 5.10 Å². The van der Waals surface area contributed by atoms with Crippen LogP contribution in [0.25, 0.3) is 16.5 Å². The van der Waals surface area contributed by atoms with Crippen molar-refractivity contribution in [3.63, 3.8) is 0 Å². The summed E-state index contributed by atoms with van der Waals surface area (Å²) >= 11 is 8.25. The van der Waals surface area contributed by atoms with Crippen molar-refractivity contribution in [2.45, 2.75) is 16.5 Å². The van der Waals surface area contributed by atoms with E-state index >= 15 is 0 Å². The van der Waals surface area contributed by atoms with E-state index in [1.807, 2.05) is 73.7 Å². The van der Waals surface area contributed by atoms with E-state index in [2.05, 4.69) is 16.5 Å². The highest BCUT2D eigenvalue weighted by atomic mass is 32.2. The minimum absolute atomic E-state index is 0.0624. The maximum Gasteiger partial charge on any atom is 0.237 e. The van der Waals surface area contributed by atoms with Gasteiger partial charge in [0.25, 0.3) is 0 Å². The first-order chi connectivity index (χ1) is 13.6. The lowest BCUT2D eigenvalue weighted by atomic mass is 10.1. The number of fused-ring (bicyclic) bond motifs is 1. The summed E-state index contributed by atoms with van der Waals surface area (Å²) in [6.45, 7) is 1.87. The van der Waals surface area contributed by atoms with Gasteiger partial charge >= 0.3 is 0 Å². The Bertz CT molecular complexity index is 1180. The smallest absolute Gasteiger partial charge is 0.237 e. The van der Waals surface area contributed by atoms with Gasteiger partial charge in [-0.25, -0.2) is 4.68 Å². The lowest BCUT2D eigenvalue weighted by molar-refractivity contribution is -0.115. The van der Waals surface area contributed by atoms with E-state index in [0.717, 1.165) is 26.5 Å². The molecule has 1 N–H and O–H groups in total. The number of amides is 1. The van der Waals surface area contributed by atoms with Crippen molar-refractivity contribution >= 4 is 57.7 Å². The molecule has 0 radical (unpaired) electrons. The van der Waals surface area contributed by atoms with Gasteiger partial charge in [-0.1, -0.05) is 71.6 Å². The third-order valence-corrected chi connectivity index (χ3v) is 6.61. The number of aromatic nitrogens is 2. The zero-order chi connectivity index (χ0) is 19.5. The van der Waals surface area contributed by atoms with E-state index in [0.29, 0.717) is 3.95 Å². The van der Waals surface area contributed by atoms with Gasteiger partial charge in [-0.2, -0.15) is 0 Å². The molecule has 0 aliphatic heterocycles. The molecule has 0 saturated carbocycles. The summed E-state index contributed by atoms with van der Waals surface area (Å²) < 4.78 is 3.17. The number of carbonyl (C=O) groups excluding carboxylic acids is 1. The molecule has 0 fully saturated rings. The van der Waals surface area contributed by atoms with Crippen molar-refractivity contribution in [1.29, 1.82) is 0 Å². The van der Waals surface area contributed by atoms with Crippen LogP contribution >= 0.6 is 35.3 Å². The van der Waals surface area contributed by atoms with Crippen molar-refractivity contribution in [2.75, 3.05) is 5.32 Å². The van der Waals surface area contributed by atoms with Crippen LogP contribution in [-0.2, 0) is 4.79 Å². The highest BCUT2D eigenvalue weighted by Crippen LogP contribution is 2.28. The predicted molar refractivity (Wildman–Crippen MR) is 120 cm³/mol. The quantitative estimate of drug-likeness (QED) is 0.319. The van der Waals surface area contributed by atoms with Gasteiger partial charge in [0.2, 0.25) is 5.91 Å². The summed E-state index contributed by atoms with van der Waals surface area (Å²) in [6, 6.07) is 23.8. The standard InChI is InChI=1S/C21H17N3OS3/c1-14(19(25)22-17-12-11-15-7-5-6-8-16(15)13-17)27-20-23-24(21(26)28-20)18-9-3-2-4-10-18/h2-14H,1H3,(H,22,25)/t14-/m0/s1. The van der Waals surface area contributed by atoms with E-state index in [1.54, 1.807) is 4.68 Å². The Morgan fingerprint density at radius 2 is 1.79 bits per heavy atom. The number of thioether (sulfide) groups is 1. The third-order valence-electron chi connectivity index (χ3n) is 4.19. The minimum atomic E-state index is -0.295. The summed E-state index contributed by atoms with van der Waals surface area (Å²) in [7, 11) is 0. The molecule has 0 spiro atoms. The number of anilines is 1. The van der Waals surface area contributed by atoms with Crippen molar-refractivity contribution in [2.24, 2.45) is 0 Å². The fourth-order valence-electron chi connectivity index (χ4n) is 2.76. The molecular formula is C21H17N3OS3. The van der Waals surface area contributed by atoms with Crippen LogP contribution in [0.3, 0.4) is 0 Å². The third kappa shape index (κ3) is 4.16. The molecule has 28 heavy (non-hydrogen) atoms. The molecule has 1 heterocycles. The van der Waals surface area contributed by atoms with Crippen LogP contribution in [0, 0.1) is 3.95 Å². The number of nitrogens with one attached hydrogen (secondary N) is 1. The van der Waals surface area contributed by atoms with Crippen molar-refractivity contribution in [1.82, 2.24) is 9.78 Å².